The molecule has 234 valence electrons. The van der Waals surface area contributed by atoms with Crippen molar-refractivity contribution in [2.45, 2.75) is 56.2 Å². The fraction of sp³-hybridized carbons (Fsp3) is 0.294. The van der Waals surface area contributed by atoms with Crippen LogP contribution in [0.1, 0.15) is 60.0 Å². The van der Waals surface area contributed by atoms with Crippen molar-refractivity contribution in [3.05, 3.63) is 99.9 Å². The normalized spacial score (nSPS) is 15.9. The van der Waals surface area contributed by atoms with E-state index in [1.54, 1.807) is 36.4 Å². The lowest BCUT2D eigenvalue weighted by Crippen LogP contribution is -2.29. The van der Waals surface area contributed by atoms with Gasteiger partial charge in [0.15, 0.2) is 15.8 Å². The van der Waals surface area contributed by atoms with Crippen LogP contribution in [0.5, 0.6) is 11.5 Å². The molecule has 5 rings (SSSR count). The first kappa shape index (κ1) is 32.2. The van der Waals surface area contributed by atoms with Crippen LogP contribution < -0.4 is 14.4 Å². The number of ketones is 1. The number of aromatic nitrogens is 2. The summed E-state index contributed by atoms with van der Waals surface area (Å²) in [6, 6.07) is 16.0. The van der Waals surface area contributed by atoms with Crippen LogP contribution in [-0.4, -0.2) is 40.7 Å². The van der Waals surface area contributed by atoms with E-state index >= 15 is 0 Å². The van der Waals surface area contributed by atoms with Gasteiger partial charge < -0.3 is 14.6 Å². The van der Waals surface area contributed by atoms with Crippen molar-refractivity contribution in [2.24, 2.45) is 0 Å². The summed E-state index contributed by atoms with van der Waals surface area (Å²) in [4.78, 5) is 28.7. The lowest BCUT2D eigenvalue weighted by Gasteiger charge is -2.23. The average molecular weight is 648 g/mol. The van der Waals surface area contributed by atoms with Gasteiger partial charge in [-0.3, -0.25) is 14.5 Å². The number of carbonyl (C=O) groups is 2. The van der Waals surface area contributed by atoms with Crippen LogP contribution in [0.2, 0.25) is 0 Å². The summed E-state index contributed by atoms with van der Waals surface area (Å²) in [5, 5.41) is 20.4. The van der Waals surface area contributed by atoms with Crippen LogP contribution in [-0.2, 0) is 15.3 Å². The standard InChI is InChI=1S/C34H34FN3O5S2/c1-5-6-7-16-43-26-15-12-23(18-27(26)42-4)29-28(30(39)25-17-20(2)8-9-21(25)3)31(40)32(41)38(29)33-36-37-34(45-33)44-19-22-10-13-24(35)14-11-22/h8-15,17-18,29,39H,5-7,16,19H2,1-4H3. The minimum absolute atomic E-state index is 0.0527. The summed E-state index contributed by atoms with van der Waals surface area (Å²) in [6.45, 7) is 6.37. The van der Waals surface area contributed by atoms with Crippen molar-refractivity contribution in [1.29, 1.82) is 0 Å². The molecule has 1 fully saturated rings. The van der Waals surface area contributed by atoms with Crippen molar-refractivity contribution in [1.82, 2.24) is 10.2 Å². The number of rotatable bonds is 12. The molecule has 11 heteroatoms. The molecular formula is C34H34FN3O5S2. The van der Waals surface area contributed by atoms with E-state index in [1.165, 1.54) is 35.9 Å². The highest BCUT2D eigenvalue weighted by Crippen LogP contribution is 2.46. The number of nitrogens with zero attached hydrogens (tertiary/aromatic N) is 3. The van der Waals surface area contributed by atoms with Gasteiger partial charge >= 0.3 is 5.91 Å². The van der Waals surface area contributed by atoms with E-state index in [-0.39, 0.29) is 22.3 Å². The number of hydrogen-bond donors (Lipinski definition) is 1. The zero-order chi connectivity index (χ0) is 32.1. The van der Waals surface area contributed by atoms with E-state index < -0.39 is 17.7 Å². The highest BCUT2D eigenvalue weighted by atomic mass is 32.2. The second kappa shape index (κ2) is 14.3. The third-order valence-electron chi connectivity index (χ3n) is 7.48. The lowest BCUT2D eigenvalue weighted by atomic mass is 9.93. The number of anilines is 1. The number of aliphatic hydroxyl groups excluding tert-OH is 1. The number of Topliss-reactive ketones (excluding diaryl/α,β-unsaturated/α-hetero) is 1. The SMILES string of the molecule is CCCCCOc1ccc(C2C(=C(O)c3cc(C)ccc3C)C(=O)C(=O)N2c2nnc(SCc3ccc(F)cc3)s2)cc1OC. The zero-order valence-electron chi connectivity index (χ0n) is 25.5. The Morgan fingerprint density at radius 1 is 1.02 bits per heavy atom. The van der Waals surface area contributed by atoms with Gasteiger partial charge in [-0.2, -0.15) is 0 Å². The number of aryl methyl sites for hydroxylation is 2. The predicted molar refractivity (Wildman–Crippen MR) is 175 cm³/mol. The Hall–Kier alpha value is -4.22. The Labute approximate surface area is 269 Å². The molecule has 1 amide bonds. The maximum atomic E-state index is 13.7. The third-order valence-corrected chi connectivity index (χ3v) is 9.61. The quantitative estimate of drug-likeness (QED) is 0.0415. The zero-order valence-corrected chi connectivity index (χ0v) is 27.1. The first-order chi connectivity index (χ1) is 21.7. The third kappa shape index (κ3) is 7.04. The van der Waals surface area contributed by atoms with Gasteiger partial charge in [0.2, 0.25) is 5.13 Å². The highest BCUT2D eigenvalue weighted by molar-refractivity contribution is 8.00. The number of thioether (sulfide) groups is 1. The van der Waals surface area contributed by atoms with Gasteiger partial charge in [0.25, 0.3) is 5.78 Å². The molecule has 3 aromatic carbocycles. The van der Waals surface area contributed by atoms with Crippen molar-refractivity contribution in [3.8, 4) is 11.5 Å². The monoisotopic (exact) mass is 647 g/mol. The molecule has 1 atom stereocenters. The smallest absolute Gasteiger partial charge is 0.301 e. The van der Waals surface area contributed by atoms with E-state index in [0.717, 1.165) is 47.3 Å². The van der Waals surface area contributed by atoms with Crippen molar-refractivity contribution < 1.29 is 28.6 Å². The predicted octanol–water partition coefficient (Wildman–Crippen LogP) is 7.79. The number of hydrogen-bond acceptors (Lipinski definition) is 9. The molecule has 1 aliphatic heterocycles. The largest absolute Gasteiger partial charge is 0.507 e. The Morgan fingerprint density at radius 2 is 1.80 bits per heavy atom. The minimum Gasteiger partial charge on any atom is -0.507 e. The number of amides is 1. The number of benzene rings is 3. The number of carbonyl (C=O) groups excluding carboxylic acids is 2. The number of ether oxygens (including phenoxy) is 2. The fourth-order valence-corrected chi connectivity index (χ4v) is 6.90. The number of aliphatic hydroxyl groups is 1. The Kier molecular flexibility index (Phi) is 10.2. The summed E-state index contributed by atoms with van der Waals surface area (Å²) in [7, 11) is 1.53. The van der Waals surface area contributed by atoms with Crippen LogP contribution in [0.15, 0.2) is 70.6 Å². The number of halogens is 1. The number of methoxy groups -OCH3 is 1. The molecule has 0 bridgehead atoms. The summed E-state index contributed by atoms with van der Waals surface area (Å²) in [5.74, 6) is -0.735. The molecular weight excluding hydrogens is 614 g/mol. The van der Waals surface area contributed by atoms with E-state index in [1.807, 2.05) is 26.0 Å². The summed E-state index contributed by atoms with van der Waals surface area (Å²) in [6.07, 6.45) is 3.01. The van der Waals surface area contributed by atoms with Crippen LogP contribution in [0.3, 0.4) is 0 Å². The Balaban J connectivity index is 1.56. The van der Waals surface area contributed by atoms with Gasteiger partial charge in [0.1, 0.15) is 11.6 Å². The molecule has 8 nitrogen and oxygen atoms in total. The van der Waals surface area contributed by atoms with Crippen molar-refractivity contribution >= 4 is 45.7 Å². The van der Waals surface area contributed by atoms with Crippen LogP contribution in [0, 0.1) is 19.7 Å². The van der Waals surface area contributed by atoms with E-state index in [4.69, 9.17) is 9.47 Å². The van der Waals surface area contributed by atoms with Crippen molar-refractivity contribution in [2.75, 3.05) is 18.6 Å². The van der Waals surface area contributed by atoms with Gasteiger partial charge in [-0.25, -0.2) is 4.39 Å². The summed E-state index contributed by atoms with van der Waals surface area (Å²) in [5.41, 5.74) is 3.50. The van der Waals surface area contributed by atoms with Gasteiger partial charge in [0, 0.05) is 11.3 Å². The lowest BCUT2D eigenvalue weighted by molar-refractivity contribution is -0.132. The molecule has 1 unspecified atom stereocenters. The molecule has 1 aromatic heterocycles. The summed E-state index contributed by atoms with van der Waals surface area (Å²) >= 11 is 2.55. The van der Waals surface area contributed by atoms with E-state index in [2.05, 4.69) is 17.1 Å². The van der Waals surface area contributed by atoms with E-state index in [0.29, 0.717) is 39.3 Å². The minimum atomic E-state index is -1.00. The van der Waals surface area contributed by atoms with E-state index in [9.17, 15) is 19.1 Å². The maximum absolute atomic E-state index is 13.7. The van der Waals surface area contributed by atoms with Crippen LogP contribution in [0.4, 0.5) is 9.52 Å². The maximum Gasteiger partial charge on any atom is 0.301 e. The second-order valence-corrected chi connectivity index (χ2v) is 12.9. The molecule has 0 saturated carbocycles. The molecule has 1 aliphatic rings. The van der Waals surface area contributed by atoms with Crippen molar-refractivity contribution in [3.63, 3.8) is 0 Å². The molecule has 0 aliphatic carbocycles. The second-order valence-electron chi connectivity index (χ2n) is 10.7. The molecule has 1 N–H and O–H groups in total. The van der Waals surface area contributed by atoms with Gasteiger partial charge in [0.05, 0.1) is 25.3 Å². The average Bonchev–Trinajstić information content (AvgIpc) is 3.61. The Morgan fingerprint density at radius 3 is 2.53 bits per heavy atom. The summed E-state index contributed by atoms with van der Waals surface area (Å²) < 4.78 is 25.5. The van der Waals surface area contributed by atoms with Crippen LogP contribution >= 0.6 is 23.1 Å². The Bertz CT molecular complexity index is 1740. The highest BCUT2D eigenvalue weighted by Gasteiger charge is 2.48. The van der Waals surface area contributed by atoms with Gasteiger partial charge in [-0.15, -0.1) is 10.2 Å². The first-order valence-corrected chi connectivity index (χ1v) is 16.4. The molecule has 0 radical (unpaired) electrons. The molecule has 45 heavy (non-hydrogen) atoms. The van der Waals surface area contributed by atoms with Crippen LogP contribution in [0.25, 0.3) is 5.76 Å². The number of unbranched alkanes of at least 4 members (excludes halogenated alkanes) is 2. The molecule has 0 spiro atoms. The van der Waals surface area contributed by atoms with Gasteiger partial charge in [-0.1, -0.05) is 78.8 Å². The molecule has 2 heterocycles. The first-order valence-electron chi connectivity index (χ1n) is 14.6. The molecule has 1 saturated heterocycles. The van der Waals surface area contributed by atoms with Gasteiger partial charge in [-0.05, 0) is 67.3 Å². The topological polar surface area (TPSA) is 102 Å². The fourth-order valence-electron chi connectivity index (χ4n) is 5.07. The molecule has 4 aromatic rings.